The molecule has 1 amide bonds. The molecule has 13 heavy (non-hydrogen) atoms. The number of nitrogens with one attached hydrogen (secondary N) is 1. The van der Waals surface area contributed by atoms with E-state index in [0.717, 1.165) is 5.56 Å². The monoisotopic (exact) mass is 197 g/mol. The molecule has 1 heterocycles. The molecule has 0 aliphatic rings. The van der Waals surface area contributed by atoms with Crippen molar-refractivity contribution in [2.75, 3.05) is 0 Å². The van der Waals surface area contributed by atoms with Gasteiger partial charge >= 0.3 is 0 Å². The summed E-state index contributed by atoms with van der Waals surface area (Å²) < 4.78 is 0. The van der Waals surface area contributed by atoms with E-state index in [1.54, 1.807) is 11.3 Å². The van der Waals surface area contributed by atoms with Crippen LogP contribution in [0.3, 0.4) is 0 Å². The topological polar surface area (TPSA) is 29.1 Å². The molecule has 1 unspecified atom stereocenters. The summed E-state index contributed by atoms with van der Waals surface area (Å²) in [5.74, 6) is 0.0713. The van der Waals surface area contributed by atoms with E-state index >= 15 is 0 Å². The average molecular weight is 197 g/mol. The van der Waals surface area contributed by atoms with Gasteiger partial charge in [0.25, 0.3) is 0 Å². The molecule has 1 N–H and O–H groups in total. The number of rotatable bonds is 3. The molecule has 0 radical (unpaired) electrons. The molecule has 2 nitrogen and oxygen atoms in total. The second kappa shape index (κ2) is 4.42. The highest BCUT2D eigenvalue weighted by Crippen LogP contribution is 2.18. The predicted molar refractivity (Wildman–Crippen MR) is 56.0 cm³/mol. The summed E-state index contributed by atoms with van der Waals surface area (Å²) in [5.41, 5.74) is 1.10. The lowest BCUT2D eigenvalue weighted by molar-refractivity contribution is -0.122. The van der Waals surface area contributed by atoms with Gasteiger partial charge in [-0.2, -0.15) is 11.3 Å². The van der Waals surface area contributed by atoms with Gasteiger partial charge in [0.05, 0.1) is 5.92 Å². The van der Waals surface area contributed by atoms with Gasteiger partial charge in [-0.15, -0.1) is 0 Å². The van der Waals surface area contributed by atoms with E-state index in [0.29, 0.717) is 0 Å². The third-order valence-corrected chi connectivity index (χ3v) is 2.57. The maximum atomic E-state index is 11.5. The smallest absolute Gasteiger partial charge is 0.227 e. The number of hydrogen-bond donors (Lipinski definition) is 1. The SMILES string of the molecule is CC(C)NC(=O)C(C)c1ccsc1. The molecule has 0 aliphatic heterocycles. The molecule has 1 aromatic rings. The lowest BCUT2D eigenvalue weighted by atomic mass is 10.0. The van der Waals surface area contributed by atoms with Crippen molar-refractivity contribution in [1.29, 1.82) is 0 Å². The molecule has 1 rings (SSSR count). The van der Waals surface area contributed by atoms with E-state index in [1.807, 2.05) is 37.6 Å². The van der Waals surface area contributed by atoms with Crippen LogP contribution in [0.4, 0.5) is 0 Å². The summed E-state index contributed by atoms with van der Waals surface area (Å²) >= 11 is 1.62. The summed E-state index contributed by atoms with van der Waals surface area (Å²) in [7, 11) is 0. The standard InChI is InChI=1S/C10H15NOS/c1-7(2)11-10(12)8(3)9-4-5-13-6-9/h4-8H,1-3H3,(H,11,12). The number of thiophene rings is 1. The fraction of sp³-hybridized carbons (Fsp3) is 0.500. The van der Waals surface area contributed by atoms with E-state index in [1.165, 1.54) is 0 Å². The zero-order valence-corrected chi connectivity index (χ0v) is 9.02. The summed E-state index contributed by atoms with van der Waals surface area (Å²) in [6.07, 6.45) is 0. The van der Waals surface area contributed by atoms with Gasteiger partial charge in [0.15, 0.2) is 0 Å². The Bertz CT molecular complexity index is 266. The van der Waals surface area contributed by atoms with Crippen molar-refractivity contribution < 1.29 is 4.79 Å². The molecule has 0 aliphatic carbocycles. The number of carbonyl (C=O) groups excluding carboxylic acids is 1. The van der Waals surface area contributed by atoms with Crippen molar-refractivity contribution in [3.8, 4) is 0 Å². The average Bonchev–Trinajstić information content (AvgIpc) is 2.53. The third kappa shape index (κ3) is 2.84. The highest BCUT2D eigenvalue weighted by atomic mass is 32.1. The highest BCUT2D eigenvalue weighted by Gasteiger charge is 2.15. The summed E-state index contributed by atoms with van der Waals surface area (Å²) in [5, 5.41) is 6.91. The largest absolute Gasteiger partial charge is 0.353 e. The fourth-order valence-corrected chi connectivity index (χ4v) is 1.84. The predicted octanol–water partition coefficient (Wildman–Crippen LogP) is 2.38. The normalized spacial score (nSPS) is 12.9. The molecule has 3 heteroatoms. The van der Waals surface area contributed by atoms with Crippen molar-refractivity contribution in [3.63, 3.8) is 0 Å². The zero-order chi connectivity index (χ0) is 9.84. The van der Waals surface area contributed by atoms with Gasteiger partial charge in [0, 0.05) is 6.04 Å². The minimum absolute atomic E-state index is 0.0337. The fourth-order valence-electron chi connectivity index (χ4n) is 1.08. The molecule has 0 aromatic carbocycles. The molecule has 1 atom stereocenters. The first-order valence-corrected chi connectivity index (χ1v) is 5.38. The lowest BCUT2D eigenvalue weighted by Crippen LogP contribution is -2.33. The van der Waals surface area contributed by atoms with Crippen LogP contribution in [0.25, 0.3) is 0 Å². The minimum Gasteiger partial charge on any atom is -0.353 e. The molecule has 1 aromatic heterocycles. The van der Waals surface area contributed by atoms with E-state index in [-0.39, 0.29) is 17.9 Å². The highest BCUT2D eigenvalue weighted by molar-refractivity contribution is 7.08. The number of carbonyl (C=O) groups is 1. The second-order valence-electron chi connectivity index (χ2n) is 3.44. The van der Waals surface area contributed by atoms with Crippen molar-refractivity contribution in [3.05, 3.63) is 22.4 Å². The Labute approximate surface area is 83.0 Å². The van der Waals surface area contributed by atoms with Crippen LogP contribution in [-0.4, -0.2) is 11.9 Å². The number of hydrogen-bond acceptors (Lipinski definition) is 2. The summed E-state index contributed by atoms with van der Waals surface area (Å²) in [4.78, 5) is 11.5. The molecule has 0 bridgehead atoms. The maximum absolute atomic E-state index is 11.5. The van der Waals surface area contributed by atoms with E-state index < -0.39 is 0 Å². The van der Waals surface area contributed by atoms with Gasteiger partial charge in [0.2, 0.25) is 5.91 Å². The van der Waals surface area contributed by atoms with Gasteiger partial charge in [-0.05, 0) is 43.2 Å². The second-order valence-corrected chi connectivity index (χ2v) is 4.22. The molecule has 0 saturated carbocycles. The van der Waals surface area contributed by atoms with Crippen LogP contribution in [0.15, 0.2) is 16.8 Å². The van der Waals surface area contributed by atoms with Gasteiger partial charge in [-0.3, -0.25) is 4.79 Å². The van der Waals surface area contributed by atoms with Crippen LogP contribution in [0.1, 0.15) is 32.3 Å². The quantitative estimate of drug-likeness (QED) is 0.792. The van der Waals surface area contributed by atoms with Gasteiger partial charge in [-0.25, -0.2) is 0 Å². The molecule has 0 saturated heterocycles. The first kappa shape index (κ1) is 10.3. The Morgan fingerprint density at radius 3 is 2.62 bits per heavy atom. The Kier molecular flexibility index (Phi) is 3.48. The Balaban J connectivity index is 2.58. The minimum atomic E-state index is -0.0337. The first-order valence-electron chi connectivity index (χ1n) is 4.43. The van der Waals surface area contributed by atoms with Crippen LogP contribution in [-0.2, 0) is 4.79 Å². The van der Waals surface area contributed by atoms with Crippen molar-refractivity contribution >= 4 is 17.2 Å². The van der Waals surface area contributed by atoms with Gasteiger partial charge < -0.3 is 5.32 Å². The van der Waals surface area contributed by atoms with Crippen molar-refractivity contribution in [1.82, 2.24) is 5.32 Å². The zero-order valence-electron chi connectivity index (χ0n) is 8.20. The van der Waals surface area contributed by atoms with E-state index in [4.69, 9.17) is 0 Å². The Hall–Kier alpha value is -0.830. The maximum Gasteiger partial charge on any atom is 0.227 e. The summed E-state index contributed by atoms with van der Waals surface area (Å²) in [6, 6.07) is 2.21. The molecule has 0 spiro atoms. The van der Waals surface area contributed by atoms with Crippen LogP contribution in [0, 0.1) is 0 Å². The molecular weight excluding hydrogens is 182 g/mol. The Morgan fingerprint density at radius 2 is 2.15 bits per heavy atom. The lowest BCUT2D eigenvalue weighted by Gasteiger charge is -2.13. The van der Waals surface area contributed by atoms with Crippen LogP contribution in [0.5, 0.6) is 0 Å². The van der Waals surface area contributed by atoms with Crippen LogP contribution < -0.4 is 5.32 Å². The first-order chi connectivity index (χ1) is 6.11. The number of amides is 1. The van der Waals surface area contributed by atoms with Crippen LogP contribution in [0.2, 0.25) is 0 Å². The third-order valence-electron chi connectivity index (χ3n) is 1.87. The van der Waals surface area contributed by atoms with Crippen molar-refractivity contribution in [2.45, 2.75) is 32.7 Å². The Morgan fingerprint density at radius 1 is 1.46 bits per heavy atom. The van der Waals surface area contributed by atoms with E-state index in [9.17, 15) is 4.79 Å². The summed E-state index contributed by atoms with van der Waals surface area (Å²) in [6.45, 7) is 5.87. The van der Waals surface area contributed by atoms with Gasteiger partial charge in [-0.1, -0.05) is 0 Å². The molecule has 72 valence electrons. The van der Waals surface area contributed by atoms with Gasteiger partial charge in [0.1, 0.15) is 0 Å². The van der Waals surface area contributed by atoms with Crippen LogP contribution >= 0.6 is 11.3 Å². The van der Waals surface area contributed by atoms with Crippen molar-refractivity contribution in [2.24, 2.45) is 0 Å². The molecular formula is C10H15NOS. The molecule has 0 fully saturated rings. The van der Waals surface area contributed by atoms with E-state index in [2.05, 4.69) is 5.32 Å².